The summed E-state index contributed by atoms with van der Waals surface area (Å²) < 4.78 is 1.31. The maximum atomic E-state index is 13.8. The molecule has 0 aliphatic carbocycles. The van der Waals surface area contributed by atoms with Crippen LogP contribution in [0.25, 0.3) is 0 Å². The Bertz CT molecular complexity index is 1220. The average molecular weight is 498 g/mol. The van der Waals surface area contributed by atoms with E-state index < -0.39 is 17.2 Å². The summed E-state index contributed by atoms with van der Waals surface area (Å²) in [7, 11) is 0. The summed E-state index contributed by atoms with van der Waals surface area (Å²) in [5, 5.41) is 0. The van der Waals surface area contributed by atoms with Gasteiger partial charge in [0.05, 0.1) is 5.92 Å². The van der Waals surface area contributed by atoms with Gasteiger partial charge in [0, 0.05) is 31.7 Å². The van der Waals surface area contributed by atoms with Gasteiger partial charge in [-0.2, -0.15) is 0 Å². The number of hydrogen-bond acceptors (Lipinski definition) is 5. The van der Waals surface area contributed by atoms with Crippen molar-refractivity contribution in [3.05, 3.63) is 50.7 Å². The van der Waals surface area contributed by atoms with Gasteiger partial charge in [-0.25, -0.2) is 4.79 Å². The van der Waals surface area contributed by atoms with Gasteiger partial charge in [0.1, 0.15) is 5.82 Å². The Morgan fingerprint density at radius 3 is 2.50 bits per heavy atom. The van der Waals surface area contributed by atoms with Gasteiger partial charge in [0.2, 0.25) is 11.8 Å². The average Bonchev–Trinajstić information content (AvgIpc) is 3.23. The Balaban J connectivity index is 1.99. The molecule has 3 N–H and O–H groups in total. The highest BCUT2D eigenvalue weighted by Crippen LogP contribution is 2.34. The third-order valence-corrected chi connectivity index (χ3v) is 6.88. The van der Waals surface area contributed by atoms with E-state index in [-0.39, 0.29) is 54.7 Å². The van der Waals surface area contributed by atoms with E-state index in [2.05, 4.69) is 18.8 Å². The summed E-state index contributed by atoms with van der Waals surface area (Å²) in [5.74, 6) is -0.806. The highest BCUT2D eigenvalue weighted by Gasteiger charge is 2.39. The number of nitrogens with two attached hydrogens (primary N) is 1. The van der Waals surface area contributed by atoms with Crippen molar-refractivity contribution >= 4 is 29.0 Å². The second kappa shape index (κ2) is 11.6. The molecule has 2 aromatic rings. The molecule has 1 saturated heterocycles. The van der Waals surface area contributed by atoms with E-state index in [0.29, 0.717) is 13.0 Å². The molecule has 0 spiro atoms. The van der Waals surface area contributed by atoms with Gasteiger partial charge in [-0.3, -0.25) is 23.9 Å². The number of amides is 2. The fraction of sp³-hybridized carbons (Fsp3) is 0.556. The maximum Gasteiger partial charge on any atom is 0.330 e. The Morgan fingerprint density at radius 1 is 1.17 bits per heavy atom. The van der Waals surface area contributed by atoms with Crippen molar-refractivity contribution in [2.75, 3.05) is 28.6 Å². The van der Waals surface area contributed by atoms with E-state index >= 15 is 0 Å². The lowest BCUT2D eigenvalue weighted by atomic mass is 9.96. The smallest absolute Gasteiger partial charge is 0.330 e. The van der Waals surface area contributed by atoms with E-state index in [1.54, 1.807) is 4.90 Å². The third kappa shape index (κ3) is 5.55. The molecule has 9 nitrogen and oxygen atoms in total. The zero-order valence-electron chi connectivity index (χ0n) is 22.0. The maximum absolute atomic E-state index is 13.8. The molecule has 0 saturated carbocycles. The number of nitrogens with zero attached hydrogens (tertiary/aromatic N) is 3. The highest BCUT2D eigenvalue weighted by molar-refractivity contribution is 6.05. The summed E-state index contributed by atoms with van der Waals surface area (Å²) in [5.41, 5.74) is 6.93. The fourth-order valence-corrected chi connectivity index (χ4v) is 4.73. The SMILES string of the molecule is CCCCn1c(N)c(N(CC(C)C)C(=O)[C@H]2CC(=O)N(c3ccccc3[C@H](C)CC)C2)c(=O)[nH]c1=O. The second-order valence-electron chi connectivity index (χ2n) is 10.1. The molecule has 0 bridgehead atoms. The topological polar surface area (TPSA) is 121 Å². The number of unbranched alkanes of at least 4 members (excludes halogenated alkanes) is 1. The van der Waals surface area contributed by atoms with Crippen LogP contribution in [0, 0.1) is 11.8 Å². The van der Waals surface area contributed by atoms with Crippen LogP contribution >= 0.6 is 0 Å². The minimum Gasteiger partial charge on any atom is -0.383 e. The fourth-order valence-electron chi connectivity index (χ4n) is 4.73. The lowest BCUT2D eigenvalue weighted by Gasteiger charge is -2.28. The number of para-hydroxylation sites is 1. The van der Waals surface area contributed by atoms with Crippen molar-refractivity contribution in [1.29, 1.82) is 0 Å². The minimum atomic E-state index is -0.692. The number of hydrogen-bond donors (Lipinski definition) is 2. The number of nitrogen functional groups attached to an aromatic ring is 1. The van der Waals surface area contributed by atoms with Crippen LogP contribution in [-0.2, 0) is 16.1 Å². The lowest BCUT2D eigenvalue weighted by Crippen LogP contribution is -2.45. The standard InChI is InChI=1S/C27H39N5O4/c1-6-8-13-30-24(28)23(25(34)29-27(30)36)32(15-17(3)4)26(35)19-14-22(33)31(16-19)21-12-10-9-11-20(21)18(5)7-2/h9-12,17-19H,6-8,13-16,28H2,1-5H3,(H,29,34,36)/t18-,19+/m1/s1. The van der Waals surface area contributed by atoms with E-state index in [9.17, 15) is 19.2 Å². The summed E-state index contributed by atoms with van der Waals surface area (Å²) in [4.78, 5) is 57.7. The molecule has 1 aliphatic rings. The molecule has 1 fully saturated rings. The third-order valence-electron chi connectivity index (χ3n) is 6.88. The van der Waals surface area contributed by atoms with Gasteiger partial charge >= 0.3 is 5.69 Å². The van der Waals surface area contributed by atoms with Gasteiger partial charge in [0.15, 0.2) is 5.69 Å². The first-order valence-electron chi connectivity index (χ1n) is 12.9. The van der Waals surface area contributed by atoms with Crippen LogP contribution in [0.15, 0.2) is 33.9 Å². The predicted octanol–water partition coefficient (Wildman–Crippen LogP) is 3.47. The molecule has 2 amide bonds. The largest absolute Gasteiger partial charge is 0.383 e. The minimum absolute atomic E-state index is 0.0182. The van der Waals surface area contributed by atoms with Crippen LogP contribution in [0.2, 0.25) is 0 Å². The molecule has 1 aromatic carbocycles. The first-order chi connectivity index (χ1) is 17.1. The van der Waals surface area contributed by atoms with Crippen molar-refractivity contribution in [3.8, 4) is 0 Å². The quantitative estimate of drug-likeness (QED) is 0.521. The van der Waals surface area contributed by atoms with Crippen LogP contribution in [0.4, 0.5) is 17.2 Å². The van der Waals surface area contributed by atoms with Gasteiger partial charge < -0.3 is 15.5 Å². The van der Waals surface area contributed by atoms with Gasteiger partial charge in [-0.05, 0) is 36.3 Å². The van der Waals surface area contributed by atoms with Crippen molar-refractivity contribution in [2.45, 2.75) is 72.8 Å². The number of rotatable bonds is 10. The number of carbonyl (C=O) groups excluding carboxylic acids is 2. The zero-order valence-corrected chi connectivity index (χ0v) is 22.0. The first-order valence-corrected chi connectivity index (χ1v) is 12.9. The van der Waals surface area contributed by atoms with Crippen LogP contribution < -0.4 is 26.8 Å². The second-order valence-corrected chi connectivity index (χ2v) is 10.1. The van der Waals surface area contributed by atoms with Crippen LogP contribution in [-0.4, -0.2) is 34.5 Å². The number of nitrogens with one attached hydrogen (secondary N) is 1. The molecule has 0 unspecified atom stereocenters. The van der Waals surface area contributed by atoms with Crippen molar-refractivity contribution in [2.24, 2.45) is 11.8 Å². The Hall–Kier alpha value is -3.36. The monoisotopic (exact) mass is 497 g/mol. The summed E-state index contributed by atoms with van der Waals surface area (Å²) in [6.07, 6.45) is 2.53. The summed E-state index contributed by atoms with van der Waals surface area (Å²) >= 11 is 0. The Kier molecular flexibility index (Phi) is 8.76. The number of anilines is 3. The molecule has 36 heavy (non-hydrogen) atoms. The van der Waals surface area contributed by atoms with Crippen molar-refractivity contribution in [3.63, 3.8) is 0 Å². The Morgan fingerprint density at radius 2 is 1.86 bits per heavy atom. The molecular formula is C27H39N5O4. The molecule has 196 valence electrons. The molecular weight excluding hydrogens is 458 g/mol. The van der Waals surface area contributed by atoms with E-state index in [1.807, 2.05) is 45.0 Å². The molecule has 1 aliphatic heterocycles. The predicted molar refractivity (Wildman–Crippen MR) is 143 cm³/mol. The van der Waals surface area contributed by atoms with Crippen molar-refractivity contribution in [1.82, 2.24) is 9.55 Å². The molecule has 0 radical (unpaired) electrons. The number of aromatic amines is 1. The summed E-state index contributed by atoms with van der Waals surface area (Å²) in [6.45, 7) is 10.9. The number of H-pyrrole nitrogens is 1. The van der Waals surface area contributed by atoms with Crippen LogP contribution in [0.5, 0.6) is 0 Å². The van der Waals surface area contributed by atoms with Crippen LogP contribution in [0.3, 0.4) is 0 Å². The van der Waals surface area contributed by atoms with E-state index in [1.165, 1.54) is 9.47 Å². The number of benzene rings is 1. The zero-order chi connectivity index (χ0) is 26.6. The molecule has 3 rings (SSSR count). The van der Waals surface area contributed by atoms with E-state index in [0.717, 1.165) is 24.1 Å². The number of aromatic nitrogens is 2. The van der Waals surface area contributed by atoms with E-state index in [4.69, 9.17) is 5.73 Å². The van der Waals surface area contributed by atoms with Crippen molar-refractivity contribution < 1.29 is 9.59 Å². The summed E-state index contributed by atoms with van der Waals surface area (Å²) in [6, 6.07) is 7.80. The van der Waals surface area contributed by atoms with Gasteiger partial charge in [-0.15, -0.1) is 0 Å². The molecule has 9 heteroatoms. The highest BCUT2D eigenvalue weighted by atomic mass is 16.2. The van der Waals surface area contributed by atoms with Gasteiger partial charge in [-0.1, -0.05) is 59.2 Å². The normalized spacial score (nSPS) is 16.6. The Labute approximate surface area is 212 Å². The number of carbonyl (C=O) groups is 2. The van der Waals surface area contributed by atoms with Gasteiger partial charge in [0.25, 0.3) is 5.56 Å². The molecule has 1 aromatic heterocycles. The first kappa shape index (κ1) is 27.2. The molecule has 2 atom stereocenters. The van der Waals surface area contributed by atoms with Crippen LogP contribution in [0.1, 0.15) is 71.8 Å². The lowest BCUT2D eigenvalue weighted by molar-refractivity contribution is -0.124. The molecule has 2 heterocycles.